The first-order valence-electron chi connectivity index (χ1n) is 6.05. The van der Waals surface area contributed by atoms with Crippen LogP contribution >= 0.6 is 11.6 Å². The van der Waals surface area contributed by atoms with Gasteiger partial charge in [-0.15, -0.1) is 11.6 Å². The van der Waals surface area contributed by atoms with E-state index in [-0.39, 0.29) is 16.7 Å². The topological polar surface area (TPSA) is 17.8 Å². The highest BCUT2D eigenvalue weighted by atomic mass is 35.5. The molecule has 98 valence electrons. The van der Waals surface area contributed by atoms with Gasteiger partial charge in [0.15, 0.2) is 0 Å². The Labute approximate surface area is 112 Å². The van der Waals surface area contributed by atoms with E-state index < -0.39 is 0 Å². The van der Waals surface area contributed by atoms with Gasteiger partial charge in [-0.1, -0.05) is 0 Å². The summed E-state index contributed by atoms with van der Waals surface area (Å²) in [5.41, 5.74) is 2.08. The molecule has 0 saturated heterocycles. The Hall–Kier alpha value is -1.09. The van der Waals surface area contributed by atoms with Crippen LogP contribution in [0.25, 0.3) is 11.0 Å². The van der Waals surface area contributed by atoms with Crippen LogP contribution in [0.15, 0.2) is 12.1 Å². The smallest absolute Gasteiger partial charge is 0.128 e. The predicted molar refractivity (Wildman–Crippen MR) is 73.7 cm³/mol. The summed E-state index contributed by atoms with van der Waals surface area (Å²) in [6.07, 6.45) is 0. The van der Waals surface area contributed by atoms with Gasteiger partial charge in [0, 0.05) is 11.6 Å². The number of rotatable bonds is 1. The van der Waals surface area contributed by atoms with Crippen LogP contribution < -0.4 is 0 Å². The lowest BCUT2D eigenvalue weighted by Gasteiger charge is -2.25. The van der Waals surface area contributed by atoms with E-state index in [2.05, 4.69) is 30.3 Å². The highest BCUT2D eigenvalue weighted by Gasteiger charge is 2.24. The molecule has 0 aliphatic heterocycles. The maximum absolute atomic E-state index is 13.6. The second-order valence-electron chi connectivity index (χ2n) is 5.68. The zero-order valence-electron chi connectivity index (χ0n) is 11.4. The summed E-state index contributed by atoms with van der Waals surface area (Å²) >= 11 is 6.19. The minimum atomic E-state index is -0.227. The van der Waals surface area contributed by atoms with E-state index in [1.54, 1.807) is 6.92 Å². The fourth-order valence-corrected chi connectivity index (χ4v) is 2.34. The molecule has 0 N–H and O–H groups in total. The van der Waals surface area contributed by atoms with Crippen molar-refractivity contribution in [3.63, 3.8) is 0 Å². The van der Waals surface area contributed by atoms with Crippen molar-refractivity contribution in [1.29, 1.82) is 0 Å². The molecule has 0 bridgehead atoms. The molecule has 2 rings (SSSR count). The molecule has 2 aromatic rings. The summed E-state index contributed by atoms with van der Waals surface area (Å²) in [7, 11) is 0. The Balaban J connectivity index is 2.86. The van der Waals surface area contributed by atoms with E-state index in [4.69, 9.17) is 11.6 Å². The summed E-state index contributed by atoms with van der Waals surface area (Å²) < 4.78 is 15.7. The van der Waals surface area contributed by atoms with Gasteiger partial charge in [-0.3, -0.25) is 0 Å². The minimum absolute atomic E-state index is 0.141. The molecule has 0 radical (unpaired) electrons. The Kier molecular flexibility index (Phi) is 3.14. The summed E-state index contributed by atoms with van der Waals surface area (Å²) in [4.78, 5) is 4.47. The molecule has 1 atom stereocenters. The van der Waals surface area contributed by atoms with Crippen LogP contribution in [0.5, 0.6) is 0 Å². The Morgan fingerprint density at radius 3 is 2.44 bits per heavy atom. The van der Waals surface area contributed by atoms with Gasteiger partial charge in [0.05, 0.1) is 16.4 Å². The molecule has 0 amide bonds. The predicted octanol–water partition coefficient (Wildman–Crippen LogP) is 4.54. The van der Waals surface area contributed by atoms with E-state index in [1.165, 1.54) is 6.07 Å². The number of aromatic nitrogens is 2. The summed E-state index contributed by atoms with van der Waals surface area (Å²) in [6, 6.07) is 3.32. The first-order chi connectivity index (χ1) is 8.21. The number of hydrogen-bond acceptors (Lipinski definition) is 1. The fourth-order valence-electron chi connectivity index (χ4n) is 2.19. The van der Waals surface area contributed by atoms with Gasteiger partial charge >= 0.3 is 0 Å². The molecule has 4 heteroatoms. The van der Waals surface area contributed by atoms with Gasteiger partial charge in [0.1, 0.15) is 11.6 Å². The minimum Gasteiger partial charge on any atom is -0.321 e. The molecule has 0 aliphatic rings. The molecule has 1 aromatic carbocycles. The molecule has 0 aliphatic carbocycles. The molecule has 1 unspecified atom stereocenters. The van der Waals surface area contributed by atoms with Crippen molar-refractivity contribution in [2.75, 3.05) is 0 Å². The third-order valence-electron chi connectivity index (χ3n) is 2.99. The number of fused-ring (bicyclic) bond motifs is 1. The van der Waals surface area contributed by atoms with Crippen molar-refractivity contribution < 1.29 is 4.39 Å². The summed E-state index contributed by atoms with van der Waals surface area (Å²) in [5.74, 6) is 0.555. The molecule has 1 aromatic heterocycles. The van der Waals surface area contributed by atoms with Gasteiger partial charge < -0.3 is 4.57 Å². The number of alkyl halides is 1. The Morgan fingerprint density at radius 2 is 1.94 bits per heavy atom. The fraction of sp³-hybridized carbons (Fsp3) is 0.500. The second-order valence-corrected chi connectivity index (χ2v) is 6.34. The number of halogens is 2. The molecule has 18 heavy (non-hydrogen) atoms. The van der Waals surface area contributed by atoms with Crippen LogP contribution in [0, 0.1) is 12.7 Å². The van der Waals surface area contributed by atoms with Crippen molar-refractivity contribution in [1.82, 2.24) is 9.55 Å². The van der Waals surface area contributed by atoms with E-state index in [9.17, 15) is 4.39 Å². The molecule has 1 heterocycles. The molecular weight excluding hydrogens is 251 g/mol. The van der Waals surface area contributed by atoms with Crippen LogP contribution in [0.1, 0.15) is 44.5 Å². The van der Waals surface area contributed by atoms with Gasteiger partial charge in [0.25, 0.3) is 0 Å². The average Bonchev–Trinajstić information content (AvgIpc) is 2.56. The molecule has 0 fully saturated rings. The number of hydrogen-bond donors (Lipinski definition) is 0. The van der Waals surface area contributed by atoms with E-state index in [0.717, 1.165) is 11.3 Å². The SMILES string of the molecule is Cc1cc2c(cc1F)nc(C(C)Cl)n2C(C)(C)C. The third-order valence-corrected chi connectivity index (χ3v) is 3.18. The highest BCUT2D eigenvalue weighted by molar-refractivity contribution is 6.20. The zero-order chi connectivity index (χ0) is 13.7. The van der Waals surface area contributed by atoms with Crippen LogP contribution in [0.4, 0.5) is 4.39 Å². The standard InChI is InChI=1S/C14H18ClFN2/c1-8-6-12-11(7-10(8)16)17-13(9(2)15)18(12)14(3,4)5/h6-7,9H,1-5H3. The van der Waals surface area contributed by atoms with Crippen LogP contribution in [-0.2, 0) is 5.54 Å². The van der Waals surface area contributed by atoms with Crippen molar-refractivity contribution >= 4 is 22.6 Å². The van der Waals surface area contributed by atoms with Gasteiger partial charge in [0.2, 0.25) is 0 Å². The first kappa shape index (κ1) is 13.3. The van der Waals surface area contributed by atoms with Crippen LogP contribution in [0.2, 0.25) is 0 Å². The maximum Gasteiger partial charge on any atom is 0.128 e. The Bertz CT molecular complexity index is 594. The third kappa shape index (κ3) is 2.12. The summed E-state index contributed by atoms with van der Waals surface area (Å²) in [5, 5.41) is -0.208. The molecule has 0 spiro atoms. The lowest BCUT2D eigenvalue weighted by Crippen LogP contribution is -2.24. The van der Waals surface area contributed by atoms with Crippen molar-refractivity contribution in [2.45, 2.75) is 45.5 Å². The Morgan fingerprint density at radius 1 is 1.33 bits per heavy atom. The molecule has 2 nitrogen and oxygen atoms in total. The van der Waals surface area contributed by atoms with Crippen LogP contribution in [-0.4, -0.2) is 9.55 Å². The monoisotopic (exact) mass is 268 g/mol. The lowest BCUT2D eigenvalue weighted by molar-refractivity contribution is 0.394. The quantitative estimate of drug-likeness (QED) is 0.695. The van der Waals surface area contributed by atoms with E-state index >= 15 is 0 Å². The van der Waals surface area contributed by atoms with Crippen molar-refractivity contribution in [2.24, 2.45) is 0 Å². The van der Waals surface area contributed by atoms with E-state index in [0.29, 0.717) is 11.1 Å². The summed E-state index contributed by atoms with van der Waals surface area (Å²) in [6.45, 7) is 9.92. The zero-order valence-corrected chi connectivity index (χ0v) is 12.1. The number of nitrogens with zero attached hydrogens (tertiary/aromatic N) is 2. The van der Waals surface area contributed by atoms with Crippen molar-refractivity contribution in [3.8, 4) is 0 Å². The largest absolute Gasteiger partial charge is 0.321 e. The van der Waals surface area contributed by atoms with E-state index in [1.807, 2.05) is 13.0 Å². The normalized spacial score (nSPS) is 14.2. The first-order valence-corrected chi connectivity index (χ1v) is 6.48. The number of benzene rings is 1. The molecular formula is C14H18ClFN2. The van der Waals surface area contributed by atoms with Crippen LogP contribution in [0.3, 0.4) is 0 Å². The maximum atomic E-state index is 13.6. The highest BCUT2D eigenvalue weighted by Crippen LogP contribution is 2.31. The van der Waals surface area contributed by atoms with Gasteiger partial charge in [-0.05, 0) is 46.2 Å². The van der Waals surface area contributed by atoms with Gasteiger partial charge in [-0.25, -0.2) is 9.37 Å². The van der Waals surface area contributed by atoms with Crippen molar-refractivity contribution in [3.05, 3.63) is 29.3 Å². The lowest BCUT2D eigenvalue weighted by atomic mass is 10.1. The average molecular weight is 269 g/mol. The van der Waals surface area contributed by atoms with Gasteiger partial charge in [-0.2, -0.15) is 0 Å². The number of aryl methyl sites for hydroxylation is 1. The number of imidazole rings is 1. The second kappa shape index (κ2) is 4.23. The molecule has 0 saturated carbocycles.